The summed E-state index contributed by atoms with van der Waals surface area (Å²) in [6, 6.07) is 0. The van der Waals surface area contributed by atoms with Crippen molar-refractivity contribution in [2.75, 3.05) is 13.1 Å². The van der Waals surface area contributed by atoms with Gasteiger partial charge in [0.2, 0.25) is 5.67 Å². The number of carbonyl (C=O) groups is 1. The first-order valence-corrected chi connectivity index (χ1v) is 3.42. The lowest BCUT2D eigenvalue weighted by Crippen LogP contribution is -2.44. The highest BCUT2D eigenvalue weighted by molar-refractivity contribution is 5.79. The van der Waals surface area contributed by atoms with Gasteiger partial charge >= 0.3 is 5.97 Å². The number of rotatable bonds is 1. The Hall–Kier alpha value is -0.710. The second-order valence-corrected chi connectivity index (χ2v) is 2.58. The second kappa shape index (κ2) is 3.13. The zero-order valence-electron chi connectivity index (χ0n) is 5.90. The summed E-state index contributed by atoms with van der Waals surface area (Å²) in [4.78, 5) is 13.3. The molecule has 3 nitrogen and oxygen atoms in total. The van der Waals surface area contributed by atoms with Gasteiger partial charge in [-0.2, -0.15) is 0 Å². The van der Waals surface area contributed by atoms with Gasteiger partial charge in [0, 0.05) is 17.4 Å². The van der Waals surface area contributed by atoms with Crippen LogP contribution in [0.5, 0.6) is 0 Å². The molecule has 0 unspecified atom stereocenters. The van der Waals surface area contributed by atoms with Gasteiger partial charge in [-0.15, -0.1) is 0 Å². The molecule has 0 amide bonds. The fourth-order valence-electron chi connectivity index (χ4n) is 1.10. The molecule has 64 valence electrons. The number of halogens is 2. The van der Waals surface area contributed by atoms with E-state index in [1.807, 2.05) is 0 Å². The third-order valence-corrected chi connectivity index (χ3v) is 1.83. The van der Waals surface area contributed by atoms with Crippen LogP contribution in [0.2, 0.25) is 0 Å². The van der Waals surface area contributed by atoms with Gasteiger partial charge in [0.15, 0.2) is 0 Å². The molecule has 1 heterocycles. The first kappa shape index (κ1) is 8.39. The zero-order valence-corrected chi connectivity index (χ0v) is 5.90. The van der Waals surface area contributed by atoms with E-state index < -0.39 is 11.6 Å². The molecule has 1 aliphatic rings. The van der Waals surface area contributed by atoms with Crippen LogP contribution in [-0.2, 0) is 9.74 Å². The minimum atomic E-state index is -2.11. The summed E-state index contributed by atoms with van der Waals surface area (Å²) in [5.74, 6) is -1.40. The van der Waals surface area contributed by atoms with Gasteiger partial charge in [-0.1, -0.05) is 0 Å². The summed E-state index contributed by atoms with van der Waals surface area (Å²) in [5.41, 5.74) is -2.11. The molecule has 11 heavy (non-hydrogen) atoms. The topological polar surface area (TPSA) is 38.3 Å². The van der Waals surface area contributed by atoms with Crippen LogP contribution < -0.4 is 5.32 Å². The normalized spacial score (nSPS) is 22.7. The molecule has 1 aliphatic heterocycles. The molecule has 0 aromatic heterocycles. The summed E-state index contributed by atoms with van der Waals surface area (Å²) >= 11 is 0. The van der Waals surface area contributed by atoms with Crippen LogP contribution in [-0.4, -0.2) is 24.7 Å². The van der Waals surface area contributed by atoms with Crippen molar-refractivity contribution >= 4 is 5.97 Å². The average Bonchev–Trinajstić information content (AvgIpc) is 2.04. The molecule has 0 aliphatic carbocycles. The number of nitrogens with one attached hydrogen (secondary N) is 1. The second-order valence-electron chi connectivity index (χ2n) is 2.58. The highest BCUT2D eigenvalue weighted by Crippen LogP contribution is 2.24. The quantitative estimate of drug-likeness (QED) is 0.615. The lowest BCUT2D eigenvalue weighted by Gasteiger charge is -2.25. The minimum Gasteiger partial charge on any atom is -0.316 e. The van der Waals surface area contributed by atoms with Crippen molar-refractivity contribution in [3.8, 4) is 0 Å². The lowest BCUT2D eigenvalue weighted by molar-refractivity contribution is -0.200. The van der Waals surface area contributed by atoms with E-state index >= 15 is 0 Å². The highest BCUT2D eigenvalue weighted by atomic mass is 19.3. The van der Waals surface area contributed by atoms with Crippen molar-refractivity contribution in [2.45, 2.75) is 18.5 Å². The fraction of sp³-hybridized carbons (Fsp3) is 0.833. The summed E-state index contributed by atoms with van der Waals surface area (Å²) < 4.78 is 24.5. The molecule has 1 saturated heterocycles. The van der Waals surface area contributed by atoms with Gasteiger partial charge in [0.25, 0.3) is 0 Å². The molecule has 5 heteroatoms. The standard InChI is InChI=1S/C6H9F2NO2/c7-6(5(10)11-8)1-3-9-4-2-6/h9H,1-4H2. The summed E-state index contributed by atoms with van der Waals surface area (Å²) in [7, 11) is 0. The third kappa shape index (κ3) is 1.65. The Morgan fingerprint density at radius 1 is 1.45 bits per heavy atom. The van der Waals surface area contributed by atoms with Crippen LogP contribution in [0.3, 0.4) is 0 Å². The smallest absolute Gasteiger partial charge is 0.316 e. The monoisotopic (exact) mass is 165 g/mol. The van der Waals surface area contributed by atoms with E-state index in [9.17, 15) is 13.7 Å². The zero-order chi connectivity index (χ0) is 8.32. The van der Waals surface area contributed by atoms with E-state index in [1.165, 1.54) is 0 Å². The van der Waals surface area contributed by atoms with Crippen LogP contribution in [0, 0.1) is 0 Å². The average molecular weight is 165 g/mol. The molecule has 1 N–H and O–H groups in total. The van der Waals surface area contributed by atoms with Crippen molar-refractivity contribution in [1.29, 1.82) is 0 Å². The maximum atomic E-state index is 13.2. The fourth-order valence-corrected chi connectivity index (χ4v) is 1.10. The molecule has 0 aromatic rings. The Kier molecular flexibility index (Phi) is 2.38. The first-order chi connectivity index (χ1) is 5.19. The number of piperidine rings is 1. The van der Waals surface area contributed by atoms with E-state index in [2.05, 4.69) is 10.3 Å². The Bertz CT molecular complexity index is 157. The van der Waals surface area contributed by atoms with E-state index in [0.717, 1.165) is 0 Å². The molecular weight excluding hydrogens is 156 g/mol. The first-order valence-electron chi connectivity index (χ1n) is 3.42. The predicted octanol–water partition coefficient (Wildman–Crippen LogP) is 0.506. The summed E-state index contributed by atoms with van der Waals surface area (Å²) in [6.45, 7) is 0.761. The summed E-state index contributed by atoms with van der Waals surface area (Å²) in [6.07, 6.45) is -0.0362. The Labute approximate surface area is 62.6 Å². The Morgan fingerprint density at radius 2 is 2.00 bits per heavy atom. The Morgan fingerprint density at radius 3 is 2.45 bits per heavy atom. The molecule has 1 rings (SSSR count). The number of hydrogen-bond acceptors (Lipinski definition) is 3. The molecule has 1 fully saturated rings. The highest BCUT2D eigenvalue weighted by Gasteiger charge is 2.42. The van der Waals surface area contributed by atoms with E-state index in [0.29, 0.717) is 13.1 Å². The van der Waals surface area contributed by atoms with Gasteiger partial charge in [-0.25, -0.2) is 9.18 Å². The van der Waals surface area contributed by atoms with Crippen molar-refractivity contribution < 1.29 is 18.7 Å². The van der Waals surface area contributed by atoms with E-state index in [1.54, 1.807) is 0 Å². The number of hydrogen-bond donors (Lipinski definition) is 1. The minimum absolute atomic E-state index is 0.0181. The lowest BCUT2D eigenvalue weighted by atomic mass is 9.95. The largest absolute Gasteiger partial charge is 0.385 e. The molecule has 0 radical (unpaired) electrons. The molecule has 0 spiro atoms. The maximum absolute atomic E-state index is 13.2. The van der Waals surface area contributed by atoms with Crippen molar-refractivity contribution in [3.05, 3.63) is 0 Å². The van der Waals surface area contributed by atoms with Gasteiger partial charge in [-0.05, 0) is 13.1 Å². The number of carbonyl (C=O) groups excluding carboxylic acids is 1. The van der Waals surface area contributed by atoms with Crippen LogP contribution in [0.15, 0.2) is 0 Å². The molecule has 0 aromatic carbocycles. The molecule has 0 bridgehead atoms. The van der Waals surface area contributed by atoms with E-state index in [-0.39, 0.29) is 12.8 Å². The SMILES string of the molecule is O=C(OF)C1(F)CCNCC1. The third-order valence-electron chi connectivity index (χ3n) is 1.83. The van der Waals surface area contributed by atoms with Crippen LogP contribution in [0.1, 0.15) is 12.8 Å². The molecule has 0 atom stereocenters. The van der Waals surface area contributed by atoms with Crippen molar-refractivity contribution in [2.24, 2.45) is 0 Å². The van der Waals surface area contributed by atoms with Gasteiger partial charge in [-0.3, -0.25) is 4.94 Å². The molecular formula is C6H9F2NO2. The maximum Gasteiger partial charge on any atom is 0.385 e. The van der Waals surface area contributed by atoms with Gasteiger partial charge in [0.05, 0.1) is 0 Å². The molecule has 0 saturated carbocycles. The van der Waals surface area contributed by atoms with Gasteiger partial charge in [0.1, 0.15) is 0 Å². The van der Waals surface area contributed by atoms with Crippen molar-refractivity contribution in [3.63, 3.8) is 0 Å². The predicted molar refractivity (Wildman–Crippen MR) is 33.1 cm³/mol. The Balaban J connectivity index is 2.56. The summed E-state index contributed by atoms with van der Waals surface area (Å²) in [5, 5.41) is 2.85. The number of alkyl halides is 1. The van der Waals surface area contributed by atoms with Gasteiger partial charge < -0.3 is 5.32 Å². The van der Waals surface area contributed by atoms with Crippen LogP contribution >= 0.6 is 0 Å². The van der Waals surface area contributed by atoms with Crippen LogP contribution in [0.25, 0.3) is 0 Å². The van der Waals surface area contributed by atoms with Crippen molar-refractivity contribution in [1.82, 2.24) is 5.32 Å². The van der Waals surface area contributed by atoms with Crippen LogP contribution in [0.4, 0.5) is 8.92 Å². The van der Waals surface area contributed by atoms with E-state index in [4.69, 9.17) is 0 Å².